The van der Waals surface area contributed by atoms with Gasteiger partial charge < -0.3 is 10.4 Å². The number of aryl methyl sites for hydroxylation is 1. The number of hydrogen-bond acceptors (Lipinski definition) is 3. The first kappa shape index (κ1) is 12.8. The van der Waals surface area contributed by atoms with E-state index >= 15 is 0 Å². The molecule has 0 aliphatic heterocycles. The fraction of sp³-hybridized carbons (Fsp3) is 0.214. The molecule has 4 heteroatoms. The van der Waals surface area contributed by atoms with Gasteiger partial charge in [-0.05, 0) is 41.1 Å². The van der Waals surface area contributed by atoms with Gasteiger partial charge in [-0.15, -0.1) is 11.3 Å². The number of nitrogens with one attached hydrogen (secondary N) is 1. The van der Waals surface area contributed by atoms with Gasteiger partial charge in [0.05, 0.1) is 11.5 Å². The highest BCUT2D eigenvalue weighted by Gasteiger charge is 2.12. The average Bonchev–Trinajstić information content (AvgIpc) is 2.87. The van der Waals surface area contributed by atoms with E-state index in [9.17, 15) is 4.79 Å². The standard InChI is InChI=1S/C14H15NO2S/c1-2-11-6-7-18-13(11)14(17)15-12-5-3-4-10(8-12)9-16/h3-8,16H,2,9H2,1H3,(H,15,17). The van der Waals surface area contributed by atoms with Gasteiger partial charge in [0, 0.05) is 5.69 Å². The molecular formula is C14H15NO2S. The van der Waals surface area contributed by atoms with Crippen LogP contribution in [0, 0.1) is 0 Å². The van der Waals surface area contributed by atoms with Crippen molar-refractivity contribution in [3.63, 3.8) is 0 Å². The summed E-state index contributed by atoms with van der Waals surface area (Å²) in [6.45, 7) is 2.01. The molecule has 0 radical (unpaired) electrons. The van der Waals surface area contributed by atoms with E-state index < -0.39 is 0 Å². The van der Waals surface area contributed by atoms with Crippen molar-refractivity contribution in [2.75, 3.05) is 5.32 Å². The number of amides is 1. The van der Waals surface area contributed by atoms with Crippen LogP contribution in [0.2, 0.25) is 0 Å². The molecule has 0 spiro atoms. The molecule has 0 saturated heterocycles. The van der Waals surface area contributed by atoms with E-state index in [0.29, 0.717) is 5.69 Å². The summed E-state index contributed by atoms with van der Waals surface area (Å²) < 4.78 is 0. The Labute approximate surface area is 110 Å². The van der Waals surface area contributed by atoms with Crippen molar-refractivity contribution < 1.29 is 9.90 Å². The minimum absolute atomic E-state index is 0.0249. The van der Waals surface area contributed by atoms with Crippen molar-refractivity contribution in [2.45, 2.75) is 20.0 Å². The molecule has 0 unspecified atom stereocenters. The highest BCUT2D eigenvalue weighted by atomic mass is 32.1. The summed E-state index contributed by atoms with van der Waals surface area (Å²) in [5.74, 6) is -0.0862. The van der Waals surface area contributed by atoms with Crippen LogP contribution < -0.4 is 5.32 Å². The van der Waals surface area contributed by atoms with E-state index in [0.717, 1.165) is 22.4 Å². The molecule has 1 heterocycles. The maximum absolute atomic E-state index is 12.1. The van der Waals surface area contributed by atoms with E-state index in [4.69, 9.17) is 5.11 Å². The van der Waals surface area contributed by atoms with Crippen LogP contribution in [-0.2, 0) is 13.0 Å². The first-order chi connectivity index (χ1) is 8.74. The molecule has 3 nitrogen and oxygen atoms in total. The zero-order valence-electron chi connectivity index (χ0n) is 10.1. The number of aliphatic hydroxyl groups excluding tert-OH is 1. The van der Waals surface area contributed by atoms with Crippen molar-refractivity contribution in [1.29, 1.82) is 0 Å². The summed E-state index contributed by atoms with van der Waals surface area (Å²) in [6, 6.07) is 9.20. The molecule has 2 N–H and O–H groups in total. The Balaban J connectivity index is 2.16. The lowest BCUT2D eigenvalue weighted by Crippen LogP contribution is -2.12. The van der Waals surface area contributed by atoms with Crippen LogP contribution in [0.4, 0.5) is 5.69 Å². The Bertz CT molecular complexity index is 548. The smallest absolute Gasteiger partial charge is 0.266 e. The van der Waals surface area contributed by atoms with Crippen molar-refractivity contribution in [3.8, 4) is 0 Å². The second-order valence-corrected chi connectivity index (χ2v) is 4.86. The Hall–Kier alpha value is -1.65. The van der Waals surface area contributed by atoms with Gasteiger partial charge in [0.1, 0.15) is 0 Å². The van der Waals surface area contributed by atoms with Gasteiger partial charge in [-0.25, -0.2) is 0 Å². The van der Waals surface area contributed by atoms with Gasteiger partial charge in [0.2, 0.25) is 0 Å². The molecule has 0 bridgehead atoms. The molecule has 18 heavy (non-hydrogen) atoms. The van der Waals surface area contributed by atoms with Gasteiger partial charge >= 0.3 is 0 Å². The van der Waals surface area contributed by atoms with E-state index in [1.807, 2.05) is 36.6 Å². The third kappa shape index (κ3) is 2.78. The maximum Gasteiger partial charge on any atom is 0.266 e. The zero-order chi connectivity index (χ0) is 13.0. The van der Waals surface area contributed by atoms with E-state index in [1.165, 1.54) is 11.3 Å². The third-order valence-electron chi connectivity index (χ3n) is 2.70. The maximum atomic E-state index is 12.1. The average molecular weight is 261 g/mol. The van der Waals surface area contributed by atoms with Crippen LogP contribution >= 0.6 is 11.3 Å². The predicted octanol–water partition coefficient (Wildman–Crippen LogP) is 3.06. The normalized spacial score (nSPS) is 10.3. The van der Waals surface area contributed by atoms with Crippen LogP contribution in [0.5, 0.6) is 0 Å². The quantitative estimate of drug-likeness (QED) is 0.888. The minimum atomic E-state index is -0.0862. The van der Waals surface area contributed by atoms with Crippen LogP contribution in [0.25, 0.3) is 0 Å². The Morgan fingerprint density at radius 1 is 1.39 bits per heavy atom. The van der Waals surface area contributed by atoms with Gasteiger partial charge in [0.15, 0.2) is 0 Å². The molecule has 1 aromatic carbocycles. The first-order valence-electron chi connectivity index (χ1n) is 5.82. The Kier molecular flexibility index (Phi) is 4.12. The van der Waals surface area contributed by atoms with Crippen molar-refractivity contribution in [1.82, 2.24) is 0 Å². The fourth-order valence-electron chi connectivity index (χ4n) is 1.75. The third-order valence-corrected chi connectivity index (χ3v) is 3.66. The Morgan fingerprint density at radius 3 is 2.94 bits per heavy atom. The molecule has 0 fully saturated rings. The highest BCUT2D eigenvalue weighted by molar-refractivity contribution is 7.12. The lowest BCUT2D eigenvalue weighted by atomic mass is 10.2. The molecule has 0 saturated carbocycles. The van der Waals surface area contributed by atoms with Crippen LogP contribution in [0.15, 0.2) is 35.7 Å². The largest absolute Gasteiger partial charge is 0.392 e. The molecule has 0 aliphatic rings. The summed E-state index contributed by atoms with van der Waals surface area (Å²) in [5, 5.41) is 13.8. The van der Waals surface area contributed by atoms with Crippen LogP contribution in [0.1, 0.15) is 27.7 Å². The van der Waals surface area contributed by atoms with Crippen LogP contribution in [0.3, 0.4) is 0 Å². The highest BCUT2D eigenvalue weighted by Crippen LogP contribution is 2.19. The number of rotatable bonds is 4. The van der Waals surface area contributed by atoms with Crippen molar-refractivity contribution >= 4 is 22.9 Å². The number of anilines is 1. The second kappa shape index (κ2) is 5.80. The van der Waals surface area contributed by atoms with Gasteiger partial charge in [-0.3, -0.25) is 4.79 Å². The lowest BCUT2D eigenvalue weighted by molar-refractivity contribution is 0.103. The van der Waals surface area contributed by atoms with E-state index in [1.54, 1.807) is 6.07 Å². The molecule has 2 rings (SSSR count). The molecule has 1 amide bonds. The number of carbonyl (C=O) groups is 1. The summed E-state index contributed by atoms with van der Waals surface area (Å²) in [4.78, 5) is 12.8. The molecule has 0 aliphatic carbocycles. The van der Waals surface area contributed by atoms with Gasteiger partial charge in [-0.2, -0.15) is 0 Å². The van der Waals surface area contributed by atoms with Crippen LogP contribution in [-0.4, -0.2) is 11.0 Å². The van der Waals surface area contributed by atoms with Gasteiger partial charge in [0.25, 0.3) is 5.91 Å². The second-order valence-electron chi connectivity index (χ2n) is 3.94. The molecule has 1 aromatic heterocycles. The van der Waals surface area contributed by atoms with Crippen molar-refractivity contribution in [2.24, 2.45) is 0 Å². The summed E-state index contributed by atoms with van der Waals surface area (Å²) in [7, 11) is 0. The lowest BCUT2D eigenvalue weighted by Gasteiger charge is -2.06. The monoisotopic (exact) mass is 261 g/mol. The first-order valence-corrected chi connectivity index (χ1v) is 6.70. The number of aliphatic hydroxyl groups is 1. The Morgan fingerprint density at radius 2 is 2.22 bits per heavy atom. The molecule has 2 aromatic rings. The summed E-state index contributed by atoms with van der Waals surface area (Å²) in [6.07, 6.45) is 0.850. The van der Waals surface area contributed by atoms with E-state index in [2.05, 4.69) is 5.32 Å². The minimum Gasteiger partial charge on any atom is -0.392 e. The topological polar surface area (TPSA) is 49.3 Å². The number of hydrogen-bond donors (Lipinski definition) is 2. The molecule has 0 atom stereocenters. The summed E-state index contributed by atoms with van der Waals surface area (Å²) >= 11 is 1.45. The number of carbonyl (C=O) groups excluding carboxylic acids is 1. The van der Waals surface area contributed by atoms with Crippen molar-refractivity contribution in [3.05, 3.63) is 51.7 Å². The van der Waals surface area contributed by atoms with E-state index in [-0.39, 0.29) is 12.5 Å². The number of thiophene rings is 1. The molecule has 94 valence electrons. The molecular weight excluding hydrogens is 246 g/mol. The zero-order valence-corrected chi connectivity index (χ0v) is 11.0. The number of benzene rings is 1. The fourth-order valence-corrected chi connectivity index (χ4v) is 2.64. The van der Waals surface area contributed by atoms with Gasteiger partial charge in [-0.1, -0.05) is 19.1 Å². The SMILES string of the molecule is CCc1ccsc1C(=O)Nc1cccc(CO)c1. The predicted molar refractivity (Wildman–Crippen MR) is 74.0 cm³/mol. The summed E-state index contributed by atoms with van der Waals surface area (Å²) in [5.41, 5.74) is 2.56.